The van der Waals surface area contributed by atoms with Crippen LogP contribution >= 0.6 is 0 Å². The Hall–Kier alpha value is -2.63. The summed E-state index contributed by atoms with van der Waals surface area (Å²) in [5, 5.41) is 7.25. The standard InChI is InChI=1S/C26H37N3O3/c1-2-21(30)12-4-3-5-15-24(26(32)28-20-10-6-7-11-20)29-25(31)17-16-19-18-27-23-14-9-8-13-22(19)23/h8-9,13-14,18,20,24,27H,2-7,10-12,15-17H2,1H3,(H,28,32)(H,29,31)/t24-/m0/s1. The predicted octanol–water partition coefficient (Wildman–Crippen LogP) is 4.57. The molecule has 1 fully saturated rings. The minimum Gasteiger partial charge on any atom is -0.361 e. The lowest BCUT2D eigenvalue weighted by molar-refractivity contribution is -0.129. The second kappa shape index (κ2) is 12.4. The third kappa shape index (κ3) is 7.21. The average Bonchev–Trinajstić information content (AvgIpc) is 3.46. The van der Waals surface area contributed by atoms with Crippen molar-refractivity contribution in [3.63, 3.8) is 0 Å². The number of para-hydroxylation sites is 1. The highest BCUT2D eigenvalue weighted by Crippen LogP contribution is 2.20. The molecule has 0 spiro atoms. The van der Waals surface area contributed by atoms with Gasteiger partial charge in [0.25, 0.3) is 0 Å². The van der Waals surface area contributed by atoms with E-state index < -0.39 is 6.04 Å². The first-order valence-electron chi connectivity index (χ1n) is 12.2. The van der Waals surface area contributed by atoms with Gasteiger partial charge in [0.1, 0.15) is 11.8 Å². The van der Waals surface area contributed by atoms with Crippen LogP contribution in [-0.4, -0.2) is 34.7 Å². The van der Waals surface area contributed by atoms with E-state index in [0.29, 0.717) is 32.1 Å². The molecule has 1 heterocycles. The van der Waals surface area contributed by atoms with Crippen LogP contribution in [0.4, 0.5) is 0 Å². The molecule has 32 heavy (non-hydrogen) atoms. The number of aromatic amines is 1. The molecule has 174 valence electrons. The van der Waals surface area contributed by atoms with E-state index >= 15 is 0 Å². The minimum absolute atomic E-state index is 0.0676. The van der Waals surface area contributed by atoms with Crippen molar-refractivity contribution in [2.45, 2.75) is 96.1 Å². The van der Waals surface area contributed by atoms with Gasteiger partial charge in [0.2, 0.25) is 11.8 Å². The van der Waals surface area contributed by atoms with Crippen LogP contribution < -0.4 is 10.6 Å². The topological polar surface area (TPSA) is 91.1 Å². The number of benzene rings is 1. The summed E-state index contributed by atoms with van der Waals surface area (Å²) in [5.74, 6) is 0.121. The Balaban J connectivity index is 1.50. The lowest BCUT2D eigenvalue weighted by Gasteiger charge is -2.21. The second-order valence-electron chi connectivity index (χ2n) is 8.96. The van der Waals surface area contributed by atoms with E-state index in [-0.39, 0.29) is 23.6 Å². The number of ketones is 1. The highest BCUT2D eigenvalue weighted by atomic mass is 16.2. The Kier molecular flexibility index (Phi) is 9.32. The number of carbonyl (C=O) groups is 3. The van der Waals surface area contributed by atoms with E-state index in [4.69, 9.17) is 0 Å². The van der Waals surface area contributed by atoms with Crippen LogP contribution in [0, 0.1) is 0 Å². The third-order valence-electron chi connectivity index (χ3n) is 6.49. The number of aryl methyl sites for hydroxylation is 1. The number of amides is 2. The molecule has 0 unspecified atom stereocenters. The summed E-state index contributed by atoms with van der Waals surface area (Å²) in [6, 6.07) is 7.79. The molecule has 6 heteroatoms. The molecule has 1 atom stereocenters. The first-order valence-corrected chi connectivity index (χ1v) is 12.2. The van der Waals surface area contributed by atoms with Crippen molar-refractivity contribution in [2.75, 3.05) is 0 Å². The Morgan fingerprint density at radius 3 is 2.62 bits per heavy atom. The number of Topliss-reactive ketones (excluding diaryl/α,β-unsaturated/α-hetero) is 1. The largest absolute Gasteiger partial charge is 0.361 e. The fraction of sp³-hybridized carbons (Fsp3) is 0.577. The predicted molar refractivity (Wildman–Crippen MR) is 127 cm³/mol. The number of aromatic nitrogens is 1. The zero-order valence-electron chi connectivity index (χ0n) is 19.3. The minimum atomic E-state index is -0.507. The monoisotopic (exact) mass is 439 g/mol. The SMILES string of the molecule is CCC(=O)CCCCC[C@H](NC(=O)CCc1c[nH]c2ccccc12)C(=O)NC1CCCC1. The van der Waals surface area contributed by atoms with Gasteiger partial charge in [-0.2, -0.15) is 0 Å². The van der Waals surface area contributed by atoms with Gasteiger partial charge < -0.3 is 15.6 Å². The average molecular weight is 440 g/mol. The molecule has 0 radical (unpaired) electrons. The fourth-order valence-electron chi connectivity index (χ4n) is 4.52. The number of hydrogen-bond acceptors (Lipinski definition) is 3. The maximum Gasteiger partial charge on any atom is 0.242 e. The Labute approximate surface area is 190 Å². The van der Waals surface area contributed by atoms with Crippen LogP contribution in [0.15, 0.2) is 30.5 Å². The van der Waals surface area contributed by atoms with Gasteiger partial charge >= 0.3 is 0 Å². The number of hydrogen-bond donors (Lipinski definition) is 3. The molecule has 1 aromatic heterocycles. The molecule has 0 saturated heterocycles. The highest BCUT2D eigenvalue weighted by molar-refractivity contribution is 5.88. The van der Waals surface area contributed by atoms with Crippen molar-refractivity contribution in [1.82, 2.24) is 15.6 Å². The smallest absolute Gasteiger partial charge is 0.242 e. The van der Waals surface area contributed by atoms with Crippen molar-refractivity contribution >= 4 is 28.5 Å². The molecular weight excluding hydrogens is 402 g/mol. The first-order chi connectivity index (χ1) is 15.6. The van der Waals surface area contributed by atoms with Crippen molar-refractivity contribution in [3.8, 4) is 0 Å². The van der Waals surface area contributed by atoms with Crippen molar-refractivity contribution in [1.29, 1.82) is 0 Å². The molecule has 6 nitrogen and oxygen atoms in total. The van der Waals surface area contributed by atoms with Crippen LogP contribution in [0.1, 0.15) is 83.1 Å². The van der Waals surface area contributed by atoms with E-state index in [0.717, 1.165) is 61.4 Å². The molecule has 1 aromatic carbocycles. The highest BCUT2D eigenvalue weighted by Gasteiger charge is 2.24. The van der Waals surface area contributed by atoms with E-state index in [1.807, 2.05) is 31.3 Å². The van der Waals surface area contributed by atoms with Gasteiger partial charge in [0.15, 0.2) is 0 Å². The fourth-order valence-corrected chi connectivity index (χ4v) is 4.52. The quantitative estimate of drug-likeness (QED) is 0.399. The van der Waals surface area contributed by atoms with Crippen LogP contribution in [0.3, 0.4) is 0 Å². The maximum atomic E-state index is 12.9. The van der Waals surface area contributed by atoms with Gasteiger partial charge in [0, 0.05) is 42.4 Å². The van der Waals surface area contributed by atoms with Crippen molar-refractivity contribution in [3.05, 3.63) is 36.0 Å². The van der Waals surface area contributed by atoms with E-state index in [9.17, 15) is 14.4 Å². The Bertz CT molecular complexity index is 899. The summed E-state index contributed by atoms with van der Waals surface area (Å²) < 4.78 is 0. The zero-order valence-corrected chi connectivity index (χ0v) is 19.3. The van der Waals surface area contributed by atoms with Crippen LogP contribution in [0.5, 0.6) is 0 Å². The Morgan fingerprint density at radius 1 is 1.06 bits per heavy atom. The van der Waals surface area contributed by atoms with Gasteiger partial charge in [-0.25, -0.2) is 0 Å². The van der Waals surface area contributed by atoms with E-state index in [1.165, 1.54) is 0 Å². The summed E-state index contributed by atoms with van der Waals surface area (Å²) in [7, 11) is 0. The van der Waals surface area contributed by atoms with Crippen LogP contribution in [0.2, 0.25) is 0 Å². The molecule has 2 amide bonds. The molecule has 0 bridgehead atoms. The summed E-state index contributed by atoms with van der Waals surface area (Å²) in [4.78, 5) is 40.3. The normalized spacial score (nSPS) is 15.0. The molecule has 1 saturated carbocycles. The second-order valence-corrected chi connectivity index (χ2v) is 8.96. The van der Waals surface area contributed by atoms with Gasteiger partial charge in [0.05, 0.1) is 0 Å². The van der Waals surface area contributed by atoms with Gasteiger partial charge in [-0.05, 0) is 43.7 Å². The number of fused-ring (bicyclic) bond motifs is 1. The van der Waals surface area contributed by atoms with Crippen LogP contribution in [-0.2, 0) is 20.8 Å². The van der Waals surface area contributed by atoms with Crippen molar-refractivity contribution in [2.24, 2.45) is 0 Å². The van der Waals surface area contributed by atoms with Crippen LogP contribution in [0.25, 0.3) is 10.9 Å². The number of rotatable bonds is 13. The Morgan fingerprint density at radius 2 is 1.84 bits per heavy atom. The third-order valence-corrected chi connectivity index (χ3v) is 6.49. The number of carbonyl (C=O) groups excluding carboxylic acids is 3. The molecule has 1 aliphatic carbocycles. The van der Waals surface area contributed by atoms with E-state index in [1.54, 1.807) is 0 Å². The molecule has 3 N–H and O–H groups in total. The summed E-state index contributed by atoms with van der Waals surface area (Å²) in [6.45, 7) is 1.89. The molecule has 1 aliphatic rings. The molecule has 2 aromatic rings. The summed E-state index contributed by atoms with van der Waals surface area (Å²) in [6.07, 6.45) is 11.6. The zero-order chi connectivity index (χ0) is 22.8. The summed E-state index contributed by atoms with van der Waals surface area (Å²) in [5.41, 5.74) is 2.18. The molecule has 0 aliphatic heterocycles. The molecular formula is C26H37N3O3. The number of nitrogens with one attached hydrogen (secondary N) is 3. The first kappa shape index (κ1) is 24.0. The number of H-pyrrole nitrogens is 1. The maximum absolute atomic E-state index is 12.9. The number of unbranched alkanes of at least 4 members (excludes halogenated alkanes) is 2. The lowest BCUT2D eigenvalue weighted by Crippen LogP contribution is -2.49. The van der Waals surface area contributed by atoms with Gasteiger partial charge in [-0.3, -0.25) is 14.4 Å². The lowest BCUT2D eigenvalue weighted by atomic mass is 10.0. The molecule has 3 rings (SSSR count). The van der Waals surface area contributed by atoms with Gasteiger partial charge in [-0.15, -0.1) is 0 Å². The van der Waals surface area contributed by atoms with Gasteiger partial charge in [-0.1, -0.05) is 50.8 Å². The summed E-state index contributed by atoms with van der Waals surface area (Å²) >= 11 is 0. The van der Waals surface area contributed by atoms with E-state index in [2.05, 4.69) is 21.7 Å². The van der Waals surface area contributed by atoms with Crippen molar-refractivity contribution < 1.29 is 14.4 Å².